The number of amides is 1. The van der Waals surface area contributed by atoms with Gasteiger partial charge in [-0.2, -0.15) is 0 Å². The van der Waals surface area contributed by atoms with Gasteiger partial charge >= 0.3 is 0 Å². The third-order valence-corrected chi connectivity index (χ3v) is 4.49. The zero-order valence-corrected chi connectivity index (χ0v) is 14.2. The maximum Gasteiger partial charge on any atom is 0.233 e. The number of carbonyl (C=O) groups is 1. The lowest BCUT2D eigenvalue weighted by molar-refractivity contribution is -0.120. The highest BCUT2D eigenvalue weighted by atomic mass is 32.2. The van der Waals surface area contributed by atoms with Crippen LogP contribution < -0.4 is 11.2 Å². The summed E-state index contributed by atoms with van der Waals surface area (Å²) in [6.45, 7) is 2.06. The van der Waals surface area contributed by atoms with E-state index in [-0.39, 0.29) is 11.7 Å². The standard InChI is InChI=1S/C16H16FN5O2S/c1-10(15(23)19-9-11-4-6-12(17)7-5-11)25-16-21-20-14(22(16)18)13-3-2-8-24-13/h2-8,10H,9,18H2,1H3,(H,19,23)/t10-/m0/s1. The zero-order valence-electron chi connectivity index (χ0n) is 13.3. The topological polar surface area (TPSA) is 99.0 Å². The number of nitrogens with zero attached hydrogens (tertiary/aromatic N) is 3. The van der Waals surface area contributed by atoms with Gasteiger partial charge in [-0.3, -0.25) is 4.79 Å². The fourth-order valence-electron chi connectivity index (χ4n) is 2.08. The molecule has 0 saturated carbocycles. The Bertz CT molecular complexity index is 848. The molecule has 0 aliphatic heterocycles. The third kappa shape index (κ3) is 4.00. The van der Waals surface area contributed by atoms with Crippen LogP contribution in [0.25, 0.3) is 11.6 Å². The highest BCUT2D eigenvalue weighted by molar-refractivity contribution is 8.00. The number of aromatic nitrogens is 3. The van der Waals surface area contributed by atoms with Crippen LogP contribution >= 0.6 is 11.8 Å². The molecule has 0 saturated heterocycles. The molecular weight excluding hydrogens is 345 g/mol. The fourth-order valence-corrected chi connectivity index (χ4v) is 2.87. The average molecular weight is 361 g/mol. The SMILES string of the molecule is C[C@H](Sc1nnc(-c2ccco2)n1N)C(=O)NCc1ccc(F)cc1. The number of rotatable bonds is 6. The molecule has 0 aliphatic rings. The quantitative estimate of drug-likeness (QED) is 0.516. The van der Waals surface area contributed by atoms with Crippen LogP contribution in [0.15, 0.2) is 52.2 Å². The summed E-state index contributed by atoms with van der Waals surface area (Å²) in [5.74, 6) is 6.35. The van der Waals surface area contributed by atoms with Crippen molar-refractivity contribution in [1.82, 2.24) is 20.2 Å². The minimum absolute atomic E-state index is 0.183. The van der Waals surface area contributed by atoms with Crippen LogP contribution in [0.3, 0.4) is 0 Å². The van der Waals surface area contributed by atoms with Crippen LogP contribution in [0.5, 0.6) is 0 Å². The van der Waals surface area contributed by atoms with Gasteiger partial charge in [0.2, 0.25) is 16.9 Å². The van der Waals surface area contributed by atoms with E-state index in [1.165, 1.54) is 34.8 Å². The fraction of sp³-hybridized carbons (Fsp3) is 0.188. The molecule has 3 N–H and O–H groups in total. The number of hydrogen-bond donors (Lipinski definition) is 2. The summed E-state index contributed by atoms with van der Waals surface area (Å²) >= 11 is 1.18. The zero-order chi connectivity index (χ0) is 17.8. The lowest BCUT2D eigenvalue weighted by Gasteiger charge is -2.11. The first-order valence-electron chi connectivity index (χ1n) is 7.48. The number of halogens is 1. The summed E-state index contributed by atoms with van der Waals surface area (Å²) in [5.41, 5.74) is 0.814. The van der Waals surface area contributed by atoms with Gasteiger partial charge in [-0.25, -0.2) is 9.07 Å². The van der Waals surface area contributed by atoms with Crippen LogP contribution in [-0.4, -0.2) is 26.0 Å². The van der Waals surface area contributed by atoms with E-state index in [1.54, 1.807) is 31.2 Å². The van der Waals surface area contributed by atoms with E-state index in [9.17, 15) is 9.18 Å². The Morgan fingerprint density at radius 3 is 2.80 bits per heavy atom. The number of nitrogens with two attached hydrogens (primary N) is 1. The normalized spacial score (nSPS) is 12.1. The number of nitrogens with one attached hydrogen (secondary N) is 1. The van der Waals surface area contributed by atoms with Crippen LogP contribution in [0.2, 0.25) is 0 Å². The maximum absolute atomic E-state index is 12.9. The summed E-state index contributed by atoms with van der Waals surface area (Å²) in [6, 6.07) is 9.40. The van der Waals surface area contributed by atoms with E-state index in [2.05, 4.69) is 15.5 Å². The van der Waals surface area contributed by atoms with E-state index >= 15 is 0 Å². The number of carbonyl (C=O) groups excluding carboxylic acids is 1. The van der Waals surface area contributed by atoms with Crippen molar-refractivity contribution in [2.24, 2.45) is 0 Å². The van der Waals surface area contributed by atoms with E-state index < -0.39 is 5.25 Å². The number of nitrogen functional groups attached to an aromatic ring is 1. The molecule has 0 radical (unpaired) electrons. The Hall–Kier alpha value is -2.81. The van der Waals surface area contributed by atoms with E-state index in [0.29, 0.717) is 23.3 Å². The van der Waals surface area contributed by atoms with E-state index in [1.807, 2.05) is 0 Å². The second-order valence-corrected chi connectivity index (χ2v) is 6.57. The highest BCUT2D eigenvalue weighted by Gasteiger charge is 2.20. The largest absolute Gasteiger partial charge is 0.461 e. The van der Waals surface area contributed by atoms with E-state index in [4.69, 9.17) is 10.3 Å². The van der Waals surface area contributed by atoms with Crippen molar-refractivity contribution in [3.8, 4) is 11.6 Å². The monoisotopic (exact) mass is 361 g/mol. The minimum Gasteiger partial charge on any atom is -0.461 e. The molecule has 3 rings (SSSR count). The number of benzene rings is 1. The van der Waals surface area contributed by atoms with Crippen molar-refractivity contribution in [3.63, 3.8) is 0 Å². The predicted octanol–water partition coefficient (Wildman–Crippen LogP) is 2.19. The van der Waals surface area contributed by atoms with Crippen LogP contribution in [0.4, 0.5) is 4.39 Å². The van der Waals surface area contributed by atoms with Gasteiger partial charge in [-0.1, -0.05) is 23.9 Å². The molecule has 2 aromatic heterocycles. The molecule has 3 aromatic rings. The van der Waals surface area contributed by atoms with Gasteiger partial charge in [0.1, 0.15) is 5.82 Å². The number of thioether (sulfide) groups is 1. The number of hydrogen-bond acceptors (Lipinski definition) is 6. The molecule has 0 bridgehead atoms. The van der Waals surface area contributed by atoms with Crippen molar-refractivity contribution >= 4 is 17.7 Å². The number of furan rings is 1. The van der Waals surface area contributed by atoms with E-state index in [0.717, 1.165) is 5.56 Å². The smallest absolute Gasteiger partial charge is 0.233 e. The molecule has 7 nitrogen and oxygen atoms in total. The first-order valence-corrected chi connectivity index (χ1v) is 8.35. The second kappa shape index (κ2) is 7.39. The Balaban J connectivity index is 1.59. The van der Waals surface area contributed by atoms with Crippen molar-refractivity contribution in [2.45, 2.75) is 23.9 Å². The molecule has 2 heterocycles. The third-order valence-electron chi connectivity index (χ3n) is 3.44. The van der Waals surface area contributed by atoms with Crippen molar-refractivity contribution in [2.75, 3.05) is 5.84 Å². The summed E-state index contributed by atoms with van der Waals surface area (Å²) in [5, 5.41) is 10.7. The van der Waals surface area contributed by atoms with Gasteiger partial charge in [-0.15, -0.1) is 10.2 Å². The summed E-state index contributed by atoms with van der Waals surface area (Å²) in [4.78, 5) is 12.2. The molecule has 0 aliphatic carbocycles. The molecular formula is C16H16FN5O2S. The van der Waals surface area contributed by atoms with Gasteiger partial charge in [0, 0.05) is 6.54 Å². The first-order chi connectivity index (χ1) is 12.0. The summed E-state index contributed by atoms with van der Waals surface area (Å²) in [7, 11) is 0. The Morgan fingerprint density at radius 1 is 1.36 bits per heavy atom. The second-order valence-electron chi connectivity index (χ2n) is 5.26. The Kier molecular flexibility index (Phi) is 5.03. The van der Waals surface area contributed by atoms with Crippen LogP contribution in [0.1, 0.15) is 12.5 Å². The highest BCUT2D eigenvalue weighted by Crippen LogP contribution is 2.24. The molecule has 25 heavy (non-hydrogen) atoms. The molecule has 1 atom stereocenters. The predicted molar refractivity (Wildman–Crippen MR) is 91.4 cm³/mol. The molecule has 0 fully saturated rings. The molecule has 0 spiro atoms. The summed E-state index contributed by atoms with van der Waals surface area (Å²) < 4.78 is 19.4. The lowest BCUT2D eigenvalue weighted by atomic mass is 10.2. The molecule has 130 valence electrons. The molecule has 1 amide bonds. The van der Waals surface area contributed by atoms with Gasteiger partial charge in [0.05, 0.1) is 11.5 Å². The lowest BCUT2D eigenvalue weighted by Crippen LogP contribution is -2.30. The van der Waals surface area contributed by atoms with Crippen LogP contribution in [-0.2, 0) is 11.3 Å². The van der Waals surface area contributed by atoms with Gasteiger partial charge in [0.25, 0.3) is 0 Å². The first kappa shape index (κ1) is 17.0. The van der Waals surface area contributed by atoms with Crippen molar-refractivity contribution in [3.05, 3.63) is 54.0 Å². The minimum atomic E-state index is -0.434. The Morgan fingerprint density at radius 2 is 2.12 bits per heavy atom. The van der Waals surface area contributed by atoms with Gasteiger partial charge in [-0.05, 0) is 36.8 Å². The van der Waals surface area contributed by atoms with Crippen molar-refractivity contribution < 1.29 is 13.6 Å². The summed E-state index contributed by atoms with van der Waals surface area (Å²) in [6.07, 6.45) is 1.52. The maximum atomic E-state index is 12.9. The van der Waals surface area contributed by atoms with Gasteiger partial charge < -0.3 is 15.6 Å². The van der Waals surface area contributed by atoms with Crippen LogP contribution in [0, 0.1) is 5.82 Å². The molecule has 9 heteroatoms. The molecule has 0 unspecified atom stereocenters. The molecule has 1 aromatic carbocycles. The average Bonchev–Trinajstić information content (AvgIpc) is 3.24. The van der Waals surface area contributed by atoms with Gasteiger partial charge in [0.15, 0.2) is 5.76 Å². The Labute approximate surface area is 147 Å². The van der Waals surface area contributed by atoms with Crippen molar-refractivity contribution in [1.29, 1.82) is 0 Å².